The molecule has 0 saturated carbocycles. The molecule has 0 fully saturated rings. The minimum absolute atomic E-state index is 0.00447. The van der Waals surface area contributed by atoms with Gasteiger partial charge in [-0.3, -0.25) is 9.59 Å². The Labute approximate surface area is 249 Å². The van der Waals surface area contributed by atoms with E-state index in [1.54, 1.807) is 45.6 Å². The molecular weight excluding hydrogens is 574 g/mol. The Balaban J connectivity index is 1.15. The predicted molar refractivity (Wildman–Crippen MR) is 158 cm³/mol. The number of carbonyl (C=O) groups excluding carboxylic acids is 2. The van der Waals surface area contributed by atoms with Crippen LogP contribution in [-0.4, -0.2) is 53.9 Å². The van der Waals surface area contributed by atoms with E-state index in [0.29, 0.717) is 40.9 Å². The average Bonchev–Trinajstić information content (AvgIpc) is 3.63. The number of rotatable bonds is 7. The van der Waals surface area contributed by atoms with Crippen molar-refractivity contribution in [2.24, 2.45) is 7.05 Å². The quantitative estimate of drug-likeness (QED) is 0.259. The van der Waals surface area contributed by atoms with Crippen LogP contribution < -0.4 is 10.2 Å². The monoisotopic (exact) mass is 600 g/mol. The molecule has 0 saturated heterocycles. The Morgan fingerprint density at radius 2 is 1.74 bits per heavy atom. The number of halogens is 2. The van der Waals surface area contributed by atoms with Crippen LogP contribution in [0.25, 0.3) is 22.6 Å². The number of anilines is 2. The van der Waals surface area contributed by atoms with Crippen LogP contribution in [0.5, 0.6) is 0 Å². The lowest BCUT2D eigenvalue weighted by atomic mass is 9.96. The summed E-state index contributed by atoms with van der Waals surface area (Å²) in [6.07, 6.45) is 2.30. The maximum Gasteiger partial charge on any atom is 0.234 e. The largest absolute Gasteiger partial charge is 0.325 e. The van der Waals surface area contributed by atoms with E-state index >= 15 is 0 Å². The van der Waals surface area contributed by atoms with Gasteiger partial charge in [-0.05, 0) is 42.8 Å². The number of amides is 2. The summed E-state index contributed by atoms with van der Waals surface area (Å²) in [5.74, 6) is -0.938. The lowest BCUT2D eigenvalue weighted by Gasteiger charge is -2.33. The molecule has 6 rings (SSSR count). The fourth-order valence-corrected chi connectivity index (χ4v) is 5.85. The molecule has 5 aromatic rings. The molecule has 1 atom stereocenters. The Morgan fingerprint density at radius 3 is 2.56 bits per heavy atom. The normalized spacial score (nSPS) is 14.4. The summed E-state index contributed by atoms with van der Waals surface area (Å²) in [6, 6.07) is 18.0. The van der Waals surface area contributed by atoms with Crippen LogP contribution in [0.1, 0.15) is 24.9 Å². The summed E-state index contributed by atoms with van der Waals surface area (Å²) >= 11 is 1.15. The molecule has 0 bridgehead atoms. The van der Waals surface area contributed by atoms with Gasteiger partial charge in [0, 0.05) is 43.0 Å². The van der Waals surface area contributed by atoms with E-state index in [9.17, 15) is 18.4 Å². The van der Waals surface area contributed by atoms with Gasteiger partial charge < -0.3 is 14.8 Å². The van der Waals surface area contributed by atoms with Crippen molar-refractivity contribution in [3.8, 4) is 22.6 Å². The average molecular weight is 601 g/mol. The molecule has 1 N–H and O–H groups in total. The number of hydrogen-bond donors (Lipinski definition) is 1. The number of para-hydroxylation sites is 1. The summed E-state index contributed by atoms with van der Waals surface area (Å²) in [5.41, 5.74) is 2.96. The van der Waals surface area contributed by atoms with Crippen LogP contribution in [-0.2, 0) is 16.6 Å². The summed E-state index contributed by atoms with van der Waals surface area (Å²) in [6.45, 7) is 2.07. The van der Waals surface area contributed by atoms with Gasteiger partial charge in [0.25, 0.3) is 0 Å². The van der Waals surface area contributed by atoms with Gasteiger partial charge >= 0.3 is 0 Å². The van der Waals surface area contributed by atoms with Crippen molar-refractivity contribution in [1.29, 1.82) is 0 Å². The first-order valence-electron chi connectivity index (χ1n) is 13.5. The standard InChI is InChI=1S/C30H26F2N8O2S/c1-18(41)39-14-13-27(21-8-4-6-10-26(21)39)40-16-25(34-37-40)22-15-19(11-12-24(22)32)33-28(42)17-43-30-36-35-29(38(30)2)20-7-3-5-9-23(20)31/h3-12,15-16,27H,13-14,17H2,1-2H3,(H,33,42). The summed E-state index contributed by atoms with van der Waals surface area (Å²) < 4.78 is 32.4. The van der Waals surface area contributed by atoms with E-state index in [0.717, 1.165) is 23.0 Å². The van der Waals surface area contributed by atoms with E-state index < -0.39 is 11.6 Å². The Bertz CT molecular complexity index is 1840. The molecule has 0 spiro atoms. The summed E-state index contributed by atoms with van der Waals surface area (Å²) in [4.78, 5) is 26.6. The molecule has 0 aliphatic carbocycles. The maximum atomic E-state index is 14.9. The van der Waals surface area contributed by atoms with E-state index in [1.807, 2.05) is 24.3 Å². The van der Waals surface area contributed by atoms with Crippen molar-refractivity contribution in [2.75, 3.05) is 22.5 Å². The maximum absolute atomic E-state index is 14.9. The Morgan fingerprint density at radius 1 is 0.977 bits per heavy atom. The van der Waals surface area contributed by atoms with Crippen LogP contribution in [0.3, 0.4) is 0 Å². The van der Waals surface area contributed by atoms with Crippen LogP contribution in [0.4, 0.5) is 20.2 Å². The van der Waals surface area contributed by atoms with Gasteiger partial charge in [0.1, 0.15) is 17.3 Å². The number of nitrogens with one attached hydrogen (secondary N) is 1. The van der Waals surface area contributed by atoms with Crippen molar-refractivity contribution in [3.63, 3.8) is 0 Å². The molecule has 218 valence electrons. The molecule has 3 heterocycles. The van der Waals surface area contributed by atoms with Crippen molar-refractivity contribution in [2.45, 2.75) is 24.5 Å². The first-order chi connectivity index (χ1) is 20.8. The highest BCUT2D eigenvalue weighted by Gasteiger charge is 2.29. The molecule has 1 aliphatic heterocycles. The van der Waals surface area contributed by atoms with Crippen molar-refractivity contribution < 1.29 is 18.4 Å². The molecule has 10 nitrogen and oxygen atoms in total. The number of benzene rings is 3. The number of nitrogens with zero attached hydrogens (tertiary/aromatic N) is 7. The zero-order chi connectivity index (χ0) is 30.1. The lowest BCUT2D eigenvalue weighted by Crippen LogP contribution is -2.36. The second-order valence-electron chi connectivity index (χ2n) is 9.99. The van der Waals surface area contributed by atoms with Gasteiger partial charge in [0.05, 0.1) is 23.6 Å². The summed E-state index contributed by atoms with van der Waals surface area (Å²) in [7, 11) is 1.70. The number of thioether (sulfide) groups is 1. The van der Waals surface area contributed by atoms with E-state index in [1.165, 1.54) is 31.2 Å². The third-order valence-corrected chi connectivity index (χ3v) is 8.25. The minimum atomic E-state index is -0.508. The predicted octanol–water partition coefficient (Wildman–Crippen LogP) is 5.10. The molecule has 2 amide bonds. The smallest absolute Gasteiger partial charge is 0.234 e. The van der Waals surface area contributed by atoms with Crippen LogP contribution in [0, 0.1) is 11.6 Å². The number of hydrogen-bond acceptors (Lipinski definition) is 7. The van der Waals surface area contributed by atoms with Gasteiger partial charge in [-0.25, -0.2) is 13.5 Å². The van der Waals surface area contributed by atoms with Crippen LogP contribution in [0.15, 0.2) is 78.1 Å². The highest BCUT2D eigenvalue weighted by atomic mass is 32.2. The third-order valence-electron chi connectivity index (χ3n) is 7.23. The first-order valence-corrected chi connectivity index (χ1v) is 14.4. The van der Waals surface area contributed by atoms with Gasteiger partial charge in [0.15, 0.2) is 11.0 Å². The van der Waals surface area contributed by atoms with E-state index in [2.05, 4.69) is 25.8 Å². The number of aromatic nitrogens is 6. The number of fused-ring (bicyclic) bond motifs is 1. The van der Waals surface area contributed by atoms with Crippen molar-refractivity contribution in [1.82, 2.24) is 29.8 Å². The Kier molecular flexibility index (Phi) is 7.72. The topological polar surface area (TPSA) is 111 Å². The van der Waals surface area contributed by atoms with Crippen LogP contribution in [0.2, 0.25) is 0 Å². The fourth-order valence-electron chi connectivity index (χ4n) is 5.14. The highest BCUT2D eigenvalue weighted by molar-refractivity contribution is 7.99. The van der Waals surface area contributed by atoms with Crippen molar-refractivity contribution >= 4 is 35.0 Å². The second-order valence-corrected chi connectivity index (χ2v) is 10.9. The number of carbonyl (C=O) groups is 2. The van der Waals surface area contributed by atoms with E-state index in [4.69, 9.17) is 0 Å². The van der Waals surface area contributed by atoms with Crippen molar-refractivity contribution in [3.05, 3.63) is 90.1 Å². The molecule has 2 aromatic heterocycles. The zero-order valence-corrected chi connectivity index (χ0v) is 24.1. The molecule has 0 radical (unpaired) electrons. The fraction of sp³-hybridized carbons (Fsp3) is 0.200. The molecular formula is C30H26F2N8O2S. The van der Waals surface area contributed by atoms with Gasteiger partial charge in [-0.15, -0.1) is 15.3 Å². The van der Waals surface area contributed by atoms with E-state index in [-0.39, 0.29) is 29.2 Å². The zero-order valence-electron chi connectivity index (χ0n) is 23.2. The Hall–Kier alpha value is -4.91. The molecule has 43 heavy (non-hydrogen) atoms. The SMILES string of the molecule is CC(=O)N1CCC(n2cc(-c3cc(NC(=O)CSc4nnc(-c5ccccc5F)n4C)ccc3F)nn2)c2ccccc21. The van der Waals surface area contributed by atoms with Gasteiger partial charge in [0.2, 0.25) is 11.8 Å². The third kappa shape index (κ3) is 5.63. The lowest BCUT2D eigenvalue weighted by molar-refractivity contribution is -0.116. The minimum Gasteiger partial charge on any atom is -0.325 e. The molecule has 1 aliphatic rings. The van der Waals surface area contributed by atoms with Crippen LogP contribution >= 0.6 is 11.8 Å². The highest BCUT2D eigenvalue weighted by Crippen LogP contribution is 2.36. The second kappa shape index (κ2) is 11.8. The first kappa shape index (κ1) is 28.2. The van der Waals surface area contributed by atoms with Gasteiger partial charge in [-0.2, -0.15) is 0 Å². The molecule has 1 unspecified atom stereocenters. The molecule has 3 aromatic carbocycles. The molecule has 13 heteroatoms. The summed E-state index contributed by atoms with van der Waals surface area (Å²) in [5, 5.41) is 19.9. The van der Waals surface area contributed by atoms with Gasteiger partial charge in [-0.1, -0.05) is 47.3 Å².